The van der Waals surface area contributed by atoms with E-state index in [1.54, 1.807) is 0 Å². The van der Waals surface area contributed by atoms with Crippen LogP contribution < -0.4 is 5.19 Å². The van der Waals surface area contributed by atoms with Crippen molar-refractivity contribution in [2.24, 2.45) is 0 Å². The summed E-state index contributed by atoms with van der Waals surface area (Å²) in [6.07, 6.45) is 7.65. The molecule has 0 amide bonds. The number of rotatable bonds is 2. The van der Waals surface area contributed by atoms with Gasteiger partial charge >= 0.3 is 0 Å². The van der Waals surface area contributed by atoms with E-state index in [1.165, 1.54) is 9.67 Å². The van der Waals surface area contributed by atoms with Crippen LogP contribution in [0.4, 0.5) is 0 Å². The Morgan fingerprint density at radius 2 is 1.88 bits per heavy atom. The Labute approximate surface area is 107 Å². The summed E-state index contributed by atoms with van der Waals surface area (Å²) in [5.41, 5.74) is 0. The Morgan fingerprint density at radius 3 is 2.50 bits per heavy atom. The highest BCUT2D eigenvalue weighted by molar-refractivity contribution is 9.11. The highest BCUT2D eigenvalue weighted by Gasteiger charge is 2.29. The third-order valence-corrected chi connectivity index (χ3v) is 6.83. The highest BCUT2D eigenvalue weighted by Crippen LogP contribution is 2.22. The number of hydrogen-bond acceptors (Lipinski definition) is 1. The van der Waals surface area contributed by atoms with Crippen molar-refractivity contribution in [1.82, 2.24) is 4.57 Å². The smallest absolute Gasteiger partial charge is 0.186 e. The van der Waals surface area contributed by atoms with Crippen LogP contribution in [0.1, 0.15) is 6.42 Å². The van der Waals surface area contributed by atoms with Crippen molar-refractivity contribution in [3.63, 3.8) is 0 Å². The van der Waals surface area contributed by atoms with Crippen LogP contribution in [-0.4, -0.2) is 12.8 Å². The van der Waals surface area contributed by atoms with Gasteiger partial charge in [-0.1, -0.05) is 52.3 Å². The number of nitrogens with zero attached hydrogens (tertiary/aromatic N) is 1. The minimum atomic E-state index is -1.58. The van der Waals surface area contributed by atoms with Crippen LogP contribution >= 0.6 is 15.9 Å². The molecule has 0 spiro atoms. The predicted molar refractivity (Wildman–Crippen MR) is 76.2 cm³/mol. The molecular formula is C13H16BrNSi. The van der Waals surface area contributed by atoms with Crippen LogP contribution in [0.15, 0.2) is 53.3 Å². The van der Waals surface area contributed by atoms with E-state index >= 15 is 0 Å². The molecule has 1 aliphatic rings. The van der Waals surface area contributed by atoms with Crippen molar-refractivity contribution in [3.05, 3.63) is 53.3 Å². The third-order valence-electron chi connectivity index (χ3n) is 2.98. The van der Waals surface area contributed by atoms with Gasteiger partial charge in [0.15, 0.2) is 8.24 Å². The number of hydrogen-bond donors (Lipinski definition) is 0. The summed E-state index contributed by atoms with van der Waals surface area (Å²) in [5, 5.41) is 1.46. The first kappa shape index (κ1) is 11.7. The van der Waals surface area contributed by atoms with Gasteiger partial charge in [-0.25, -0.2) is 0 Å². The summed E-state index contributed by atoms with van der Waals surface area (Å²) >= 11 is 3.58. The lowest BCUT2D eigenvalue weighted by molar-refractivity contribution is 0.746. The van der Waals surface area contributed by atoms with Gasteiger partial charge in [0.2, 0.25) is 0 Å². The molecule has 1 heterocycles. The van der Waals surface area contributed by atoms with Gasteiger partial charge in [-0.3, -0.25) is 0 Å². The summed E-state index contributed by atoms with van der Waals surface area (Å²) in [5.74, 6) is 0. The molecule has 16 heavy (non-hydrogen) atoms. The Bertz CT molecular complexity index is 423. The molecule has 1 aromatic carbocycles. The fourth-order valence-electron chi connectivity index (χ4n) is 1.87. The average Bonchev–Trinajstić information content (AvgIpc) is 2.30. The van der Waals surface area contributed by atoms with Crippen molar-refractivity contribution < 1.29 is 0 Å². The molecule has 1 nitrogen and oxygen atoms in total. The van der Waals surface area contributed by atoms with E-state index in [1.807, 2.05) is 0 Å². The molecule has 0 saturated heterocycles. The lowest BCUT2D eigenvalue weighted by atomic mass is 10.3. The van der Waals surface area contributed by atoms with E-state index in [4.69, 9.17) is 0 Å². The van der Waals surface area contributed by atoms with Crippen LogP contribution in [0.25, 0.3) is 0 Å². The second-order valence-corrected chi connectivity index (χ2v) is 9.73. The second kappa shape index (κ2) is 4.59. The van der Waals surface area contributed by atoms with Crippen molar-refractivity contribution in [2.75, 3.05) is 0 Å². The quantitative estimate of drug-likeness (QED) is 0.754. The van der Waals surface area contributed by atoms with E-state index in [9.17, 15) is 0 Å². The normalized spacial score (nSPS) is 16.2. The van der Waals surface area contributed by atoms with Gasteiger partial charge in [0.1, 0.15) is 0 Å². The molecule has 0 aliphatic carbocycles. The average molecular weight is 294 g/mol. The summed E-state index contributed by atoms with van der Waals surface area (Å²) < 4.78 is 3.64. The van der Waals surface area contributed by atoms with Crippen molar-refractivity contribution in [3.8, 4) is 0 Å². The van der Waals surface area contributed by atoms with E-state index in [-0.39, 0.29) is 0 Å². The molecule has 0 saturated carbocycles. The Balaban J connectivity index is 2.32. The first-order valence-corrected chi connectivity index (χ1v) is 9.21. The summed E-state index contributed by atoms with van der Waals surface area (Å²) in [6, 6.07) is 10.8. The van der Waals surface area contributed by atoms with Crippen molar-refractivity contribution >= 4 is 29.4 Å². The van der Waals surface area contributed by atoms with Gasteiger partial charge in [0.05, 0.1) is 0 Å². The first-order chi connectivity index (χ1) is 7.60. The second-order valence-electron chi connectivity index (χ2n) is 4.50. The maximum absolute atomic E-state index is 3.58. The Kier molecular flexibility index (Phi) is 3.35. The van der Waals surface area contributed by atoms with E-state index in [2.05, 4.69) is 82.4 Å². The molecular weight excluding hydrogens is 278 g/mol. The minimum absolute atomic E-state index is 1.01. The SMILES string of the molecule is C[Si](C)(c1ccccc1)N1C=CCC(Br)=C1. The largest absolute Gasteiger partial charge is 0.376 e. The van der Waals surface area contributed by atoms with Crippen molar-refractivity contribution in [1.29, 1.82) is 0 Å². The lowest BCUT2D eigenvalue weighted by Gasteiger charge is -2.35. The summed E-state index contributed by atoms with van der Waals surface area (Å²) in [6.45, 7) is 4.74. The molecule has 3 heteroatoms. The van der Waals surface area contributed by atoms with Crippen LogP contribution in [0, 0.1) is 0 Å². The van der Waals surface area contributed by atoms with E-state index in [0.29, 0.717) is 0 Å². The topological polar surface area (TPSA) is 3.24 Å². The van der Waals surface area contributed by atoms with Crippen LogP contribution in [0.5, 0.6) is 0 Å². The molecule has 0 N–H and O–H groups in total. The van der Waals surface area contributed by atoms with Crippen LogP contribution in [0.2, 0.25) is 13.1 Å². The third kappa shape index (κ3) is 2.30. The zero-order valence-electron chi connectivity index (χ0n) is 9.65. The summed E-state index contributed by atoms with van der Waals surface area (Å²) in [4.78, 5) is 0. The van der Waals surface area contributed by atoms with Gasteiger partial charge in [0.25, 0.3) is 0 Å². The van der Waals surface area contributed by atoms with Gasteiger partial charge in [-0.05, 0) is 24.5 Å². The van der Waals surface area contributed by atoms with Gasteiger partial charge in [-0.2, -0.15) is 0 Å². The number of halogens is 1. The molecule has 0 unspecified atom stereocenters. The molecule has 0 bridgehead atoms. The molecule has 1 aliphatic heterocycles. The number of allylic oxidation sites excluding steroid dienone is 2. The van der Waals surface area contributed by atoms with Crippen LogP contribution in [0.3, 0.4) is 0 Å². The fraction of sp³-hybridized carbons (Fsp3) is 0.231. The number of benzene rings is 1. The lowest BCUT2D eigenvalue weighted by Crippen LogP contribution is -2.53. The molecule has 0 radical (unpaired) electrons. The highest BCUT2D eigenvalue weighted by atomic mass is 79.9. The van der Waals surface area contributed by atoms with E-state index in [0.717, 1.165) is 6.42 Å². The Morgan fingerprint density at radius 1 is 1.19 bits per heavy atom. The van der Waals surface area contributed by atoms with Crippen molar-refractivity contribution in [2.45, 2.75) is 19.5 Å². The molecule has 2 rings (SSSR count). The predicted octanol–water partition coefficient (Wildman–Crippen LogP) is 3.55. The maximum Gasteiger partial charge on any atom is 0.186 e. The minimum Gasteiger partial charge on any atom is -0.376 e. The molecule has 1 aromatic rings. The summed E-state index contributed by atoms with van der Waals surface area (Å²) in [7, 11) is -1.58. The molecule has 0 atom stereocenters. The van der Waals surface area contributed by atoms with E-state index < -0.39 is 8.24 Å². The zero-order chi connectivity index (χ0) is 11.6. The first-order valence-electron chi connectivity index (χ1n) is 5.47. The molecule has 0 aromatic heterocycles. The fourth-order valence-corrected chi connectivity index (χ4v) is 4.73. The maximum atomic E-state index is 3.58. The van der Waals surface area contributed by atoms with Crippen LogP contribution in [-0.2, 0) is 0 Å². The molecule has 0 fully saturated rings. The molecule has 84 valence electrons. The monoisotopic (exact) mass is 293 g/mol. The van der Waals surface area contributed by atoms with Gasteiger partial charge in [0, 0.05) is 17.1 Å². The zero-order valence-corrected chi connectivity index (χ0v) is 12.2. The standard InChI is InChI=1S/C13H16BrNSi/c1-16(2,13-8-4-3-5-9-13)15-10-6-7-12(14)11-15/h3-6,8-11H,7H2,1-2H3. The Hall–Kier alpha value is -0.803. The van der Waals surface area contributed by atoms with Gasteiger partial charge in [-0.15, -0.1) is 0 Å². The van der Waals surface area contributed by atoms with Gasteiger partial charge < -0.3 is 4.57 Å².